The second-order valence-electron chi connectivity index (χ2n) is 3.97. The number of halogens is 1. The number of fused-ring (bicyclic) bond motifs is 1. The number of hydrogen-bond donors (Lipinski definition) is 2. The Bertz CT molecular complexity index is 723. The van der Waals surface area contributed by atoms with E-state index in [1.54, 1.807) is 12.3 Å². The molecule has 0 saturated carbocycles. The summed E-state index contributed by atoms with van der Waals surface area (Å²) in [5, 5.41) is 3.16. The summed E-state index contributed by atoms with van der Waals surface area (Å²) in [4.78, 5) is 12.4. The van der Waals surface area contributed by atoms with Crippen molar-refractivity contribution in [1.82, 2.24) is 19.4 Å². The van der Waals surface area contributed by atoms with E-state index < -0.39 is 0 Å². The molecule has 3 rings (SSSR count). The van der Waals surface area contributed by atoms with Crippen molar-refractivity contribution < 1.29 is 0 Å². The fourth-order valence-electron chi connectivity index (χ4n) is 1.77. The average Bonchev–Trinajstić information content (AvgIpc) is 2.81. The highest BCUT2D eigenvalue weighted by atomic mass is 79.9. The molecular weight excluding hydrogens is 308 g/mol. The number of nitrogen functional groups attached to an aromatic ring is 1. The van der Waals surface area contributed by atoms with Crippen molar-refractivity contribution in [3.05, 3.63) is 47.0 Å². The first-order valence-electron chi connectivity index (χ1n) is 5.67. The van der Waals surface area contributed by atoms with Crippen LogP contribution in [0.15, 0.2) is 41.3 Å². The largest absolute Gasteiger partial charge is 0.368 e. The van der Waals surface area contributed by atoms with Crippen LogP contribution in [0.2, 0.25) is 0 Å². The Morgan fingerprint density at radius 1 is 1.32 bits per heavy atom. The molecule has 3 heterocycles. The first-order valence-corrected chi connectivity index (χ1v) is 6.46. The number of rotatable bonds is 3. The molecule has 0 unspecified atom stereocenters. The third-order valence-electron chi connectivity index (χ3n) is 2.61. The Balaban J connectivity index is 1.80. The van der Waals surface area contributed by atoms with Gasteiger partial charge in [-0.2, -0.15) is 4.98 Å². The van der Waals surface area contributed by atoms with Crippen LogP contribution in [0.5, 0.6) is 0 Å². The molecule has 0 aliphatic rings. The average molecular weight is 319 g/mol. The van der Waals surface area contributed by atoms with Crippen LogP contribution in [0.25, 0.3) is 5.65 Å². The van der Waals surface area contributed by atoms with Gasteiger partial charge < -0.3 is 15.5 Å². The van der Waals surface area contributed by atoms with Gasteiger partial charge in [-0.05, 0) is 34.1 Å². The van der Waals surface area contributed by atoms with Gasteiger partial charge in [-0.1, -0.05) is 0 Å². The fourth-order valence-corrected chi connectivity index (χ4v) is 2.21. The minimum atomic E-state index is 0.253. The van der Waals surface area contributed by atoms with Crippen molar-refractivity contribution in [3.8, 4) is 0 Å². The number of aromatic nitrogens is 4. The van der Waals surface area contributed by atoms with E-state index in [-0.39, 0.29) is 5.95 Å². The van der Waals surface area contributed by atoms with Crippen molar-refractivity contribution in [2.24, 2.45) is 0 Å². The summed E-state index contributed by atoms with van der Waals surface area (Å²) in [6.07, 6.45) is 5.54. The molecule has 3 N–H and O–H groups in total. The molecule has 0 fully saturated rings. The first-order chi connectivity index (χ1) is 9.22. The van der Waals surface area contributed by atoms with Crippen LogP contribution in [0.3, 0.4) is 0 Å². The van der Waals surface area contributed by atoms with Crippen LogP contribution in [0.1, 0.15) is 5.69 Å². The number of anilines is 2. The number of nitrogens with one attached hydrogen (secondary N) is 1. The van der Waals surface area contributed by atoms with Crippen molar-refractivity contribution in [3.63, 3.8) is 0 Å². The Morgan fingerprint density at radius 2 is 2.21 bits per heavy atom. The highest BCUT2D eigenvalue weighted by molar-refractivity contribution is 9.10. The van der Waals surface area contributed by atoms with Gasteiger partial charge in [-0.3, -0.25) is 0 Å². The molecule has 0 saturated heterocycles. The molecule has 3 aromatic heterocycles. The molecule has 0 radical (unpaired) electrons. The topological polar surface area (TPSA) is 81.1 Å². The third kappa shape index (κ3) is 2.50. The van der Waals surface area contributed by atoms with Crippen LogP contribution >= 0.6 is 15.9 Å². The third-order valence-corrected chi connectivity index (χ3v) is 3.23. The molecule has 0 atom stereocenters. The highest BCUT2D eigenvalue weighted by Crippen LogP contribution is 2.17. The second-order valence-corrected chi connectivity index (χ2v) is 4.83. The van der Waals surface area contributed by atoms with Crippen LogP contribution in [-0.4, -0.2) is 19.4 Å². The van der Waals surface area contributed by atoms with Crippen molar-refractivity contribution in [2.75, 3.05) is 11.1 Å². The van der Waals surface area contributed by atoms with Gasteiger partial charge in [0.25, 0.3) is 0 Å². The SMILES string of the molecule is Nc1nccc(NCc2cn3cccc(Br)c3n2)n1. The molecule has 0 aliphatic carbocycles. The van der Waals surface area contributed by atoms with Gasteiger partial charge in [-0.25, -0.2) is 9.97 Å². The van der Waals surface area contributed by atoms with Crippen LogP contribution in [-0.2, 0) is 6.54 Å². The fraction of sp³-hybridized carbons (Fsp3) is 0.0833. The van der Waals surface area contributed by atoms with E-state index in [0.717, 1.165) is 15.8 Å². The predicted molar refractivity (Wildman–Crippen MR) is 76.7 cm³/mol. The number of pyridine rings is 1. The monoisotopic (exact) mass is 318 g/mol. The zero-order chi connectivity index (χ0) is 13.2. The molecule has 0 spiro atoms. The van der Waals surface area contributed by atoms with E-state index in [4.69, 9.17) is 5.73 Å². The number of hydrogen-bond acceptors (Lipinski definition) is 5. The van der Waals surface area contributed by atoms with Gasteiger partial charge in [0.2, 0.25) is 5.95 Å². The Morgan fingerprint density at radius 3 is 3.00 bits per heavy atom. The molecule has 96 valence electrons. The minimum Gasteiger partial charge on any atom is -0.368 e. The molecule has 19 heavy (non-hydrogen) atoms. The van der Waals surface area contributed by atoms with Crippen molar-refractivity contribution in [2.45, 2.75) is 6.54 Å². The van der Waals surface area contributed by atoms with Gasteiger partial charge in [0.1, 0.15) is 5.82 Å². The standard InChI is InChI=1S/C12H11BrN6/c13-9-2-1-5-19-7-8(17-11(9)19)6-16-10-3-4-15-12(14)18-10/h1-5,7H,6H2,(H3,14,15,16,18). The molecule has 0 bridgehead atoms. The quantitative estimate of drug-likeness (QED) is 0.772. The lowest BCUT2D eigenvalue weighted by Crippen LogP contribution is -2.03. The van der Waals surface area contributed by atoms with E-state index in [1.807, 2.05) is 28.9 Å². The van der Waals surface area contributed by atoms with E-state index in [9.17, 15) is 0 Å². The normalized spacial score (nSPS) is 10.8. The summed E-state index contributed by atoms with van der Waals surface area (Å²) in [5.41, 5.74) is 7.33. The highest BCUT2D eigenvalue weighted by Gasteiger charge is 2.04. The maximum Gasteiger partial charge on any atom is 0.221 e. The second kappa shape index (κ2) is 4.85. The molecule has 7 heteroatoms. The van der Waals surface area contributed by atoms with E-state index >= 15 is 0 Å². The summed E-state index contributed by atoms with van der Waals surface area (Å²) in [5.74, 6) is 0.936. The van der Waals surface area contributed by atoms with Gasteiger partial charge in [0, 0.05) is 18.6 Å². The number of imidazole rings is 1. The summed E-state index contributed by atoms with van der Waals surface area (Å²) in [6.45, 7) is 0.574. The maximum atomic E-state index is 5.52. The molecule has 3 aromatic rings. The van der Waals surface area contributed by atoms with Crippen LogP contribution in [0.4, 0.5) is 11.8 Å². The first kappa shape index (κ1) is 11.9. The lowest BCUT2D eigenvalue weighted by molar-refractivity contribution is 1.05. The summed E-state index contributed by atoms with van der Waals surface area (Å²) < 4.78 is 2.93. The molecule has 6 nitrogen and oxygen atoms in total. The molecule has 0 aliphatic heterocycles. The van der Waals surface area contributed by atoms with Crippen LogP contribution in [0, 0.1) is 0 Å². The van der Waals surface area contributed by atoms with Gasteiger partial charge in [0.05, 0.1) is 16.7 Å². The van der Waals surface area contributed by atoms with E-state index in [2.05, 4.69) is 36.2 Å². The summed E-state index contributed by atoms with van der Waals surface area (Å²) >= 11 is 3.47. The number of nitrogens with zero attached hydrogens (tertiary/aromatic N) is 4. The van der Waals surface area contributed by atoms with E-state index in [0.29, 0.717) is 12.4 Å². The van der Waals surface area contributed by atoms with E-state index in [1.165, 1.54) is 0 Å². The molecule has 0 amide bonds. The van der Waals surface area contributed by atoms with Gasteiger partial charge >= 0.3 is 0 Å². The zero-order valence-electron chi connectivity index (χ0n) is 9.92. The Labute approximate surface area is 117 Å². The predicted octanol–water partition coefficient (Wildman–Crippen LogP) is 2.08. The summed E-state index contributed by atoms with van der Waals surface area (Å²) in [7, 11) is 0. The Hall–Kier alpha value is -2.15. The maximum absolute atomic E-state index is 5.52. The zero-order valence-corrected chi connectivity index (χ0v) is 11.5. The van der Waals surface area contributed by atoms with Crippen molar-refractivity contribution in [1.29, 1.82) is 0 Å². The lowest BCUT2D eigenvalue weighted by atomic mass is 10.4. The Kier molecular flexibility index (Phi) is 3.04. The molecule has 0 aromatic carbocycles. The summed E-state index contributed by atoms with van der Waals surface area (Å²) in [6, 6.07) is 5.69. The van der Waals surface area contributed by atoms with Crippen molar-refractivity contribution >= 4 is 33.3 Å². The van der Waals surface area contributed by atoms with Gasteiger partial charge in [-0.15, -0.1) is 0 Å². The van der Waals surface area contributed by atoms with Crippen LogP contribution < -0.4 is 11.1 Å². The molecular formula is C12H11BrN6. The smallest absolute Gasteiger partial charge is 0.221 e. The van der Waals surface area contributed by atoms with Gasteiger partial charge in [0.15, 0.2) is 5.65 Å². The number of nitrogens with two attached hydrogens (primary N) is 1. The lowest BCUT2D eigenvalue weighted by Gasteiger charge is -2.02. The minimum absolute atomic E-state index is 0.253.